The third kappa shape index (κ3) is 3.83. The number of nitrogens with zero attached hydrogens (tertiary/aromatic N) is 5. The molecule has 7 nitrogen and oxygen atoms in total. The molecular weight excluding hydrogens is 340 g/mol. The second-order valence-corrected chi connectivity index (χ2v) is 7.72. The van der Waals surface area contributed by atoms with Gasteiger partial charge in [0.25, 0.3) is 0 Å². The number of nitrogens with one attached hydrogen (secondary N) is 1. The fraction of sp³-hybridized carbons (Fsp3) is 0.550. The molecule has 2 aliphatic rings. The van der Waals surface area contributed by atoms with Crippen LogP contribution in [0.15, 0.2) is 36.8 Å². The lowest BCUT2D eigenvalue weighted by Crippen LogP contribution is -2.44. The van der Waals surface area contributed by atoms with Gasteiger partial charge >= 0.3 is 0 Å². The van der Waals surface area contributed by atoms with Crippen molar-refractivity contribution in [3.8, 4) is 0 Å². The topological polar surface area (TPSA) is 66.3 Å². The van der Waals surface area contributed by atoms with Crippen molar-refractivity contribution in [2.45, 2.75) is 31.3 Å². The van der Waals surface area contributed by atoms with E-state index in [-0.39, 0.29) is 11.9 Å². The number of carbonyl (C=O) groups is 1. The number of likely N-dealkylation sites (tertiary alicyclic amines) is 1. The number of hydrogen-bond donors (Lipinski definition) is 1. The highest BCUT2D eigenvalue weighted by atomic mass is 16.2. The highest BCUT2D eigenvalue weighted by Gasteiger charge is 2.39. The third-order valence-electron chi connectivity index (χ3n) is 5.90. The number of aromatic nitrogens is 3. The maximum atomic E-state index is 12.3. The van der Waals surface area contributed by atoms with E-state index in [9.17, 15) is 4.79 Å². The van der Waals surface area contributed by atoms with E-state index < -0.39 is 0 Å². The number of aryl methyl sites for hydroxylation is 1. The fourth-order valence-corrected chi connectivity index (χ4v) is 4.40. The number of piperidine rings is 1. The molecule has 144 valence electrons. The zero-order valence-electron chi connectivity index (χ0n) is 16.1. The van der Waals surface area contributed by atoms with Crippen molar-refractivity contribution in [1.29, 1.82) is 0 Å². The zero-order valence-corrected chi connectivity index (χ0v) is 16.1. The van der Waals surface area contributed by atoms with E-state index in [2.05, 4.69) is 26.4 Å². The van der Waals surface area contributed by atoms with Gasteiger partial charge in [0.1, 0.15) is 5.82 Å². The van der Waals surface area contributed by atoms with Gasteiger partial charge < -0.3 is 15.1 Å². The molecule has 1 amide bonds. The first-order chi connectivity index (χ1) is 13.1. The lowest BCUT2D eigenvalue weighted by molar-refractivity contribution is -0.127. The highest BCUT2D eigenvalue weighted by Crippen LogP contribution is 2.36. The molecule has 0 radical (unpaired) electrons. The Hall–Kier alpha value is -2.41. The maximum Gasteiger partial charge on any atom is 0.223 e. The van der Waals surface area contributed by atoms with Crippen molar-refractivity contribution in [2.75, 3.05) is 31.6 Å². The normalized spacial score (nSPS) is 24.0. The van der Waals surface area contributed by atoms with Gasteiger partial charge in [0.15, 0.2) is 0 Å². The summed E-state index contributed by atoms with van der Waals surface area (Å²) in [6, 6.07) is 6.69. The van der Waals surface area contributed by atoms with Crippen LogP contribution in [-0.4, -0.2) is 58.3 Å². The predicted molar refractivity (Wildman–Crippen MR) is 104 cm³/mol. The minimum absolute atomic E-state index is 0.118. The highest BCUT2D eigenvalue weighted by molar-refractivity contribution is 5.79. The molecule has 0 spiro atoms. The molecule has 0 saturated carbocycles. The lowest BCUT2D eigenvalue weighted by atomic mass is 9.94. The van der Waals surface area contributed by atoms with Crippen LogP contribution in [0.3, 0.4) is 0 Å². The standard InChI is InChI=1S/C20H28N6O/c1-24-14-16(13-23-24)20-15(11-19(27)25(20)2)12-22-17-6-9-26(10-7-17)18-5-3-4-8-21-18/h3-5,8,13-15,17,20,22H,6-7,9-12H2,1-2H3/t15-,20+/m0/s1. The summed E-state index contributed by atoms with van der Waals surface area (Å²) < 4.78 is 1.81. The molecule has 2 aromatic rings. The van der Waals surface area contributed by atoms with E-state index >= 15 is 0 Å². The first-order valence-electron chi connectivity index (χ1n) is 9.75. The molecule has 0 aliphatic carbocycles. The molecule has 2 fully saturated rings. The van der Waals surface area contributed by atoms with Crippen LogP contribution < -0.4 is 10.2 Å². The molecule has 2 aliphatic heterocycles. The summed E-state index contributed by atoms with van der Waals surface area (Å²) in [5.41, 5.74) is 1.13. The molecular formula is C20H28N6O. The molecule has 2 saturated heterocycles. The van der Waals surface area contributed by atoms with Crippen LogP contribution in [0.4, 0.5) is 5.82 Å². The molecule has 27 heavy (non-hydrogen) atoms. The Bertz CT molecular complexity index is 768. The molecule has 4 rings (SSSR count). The maximum absolute atomic E-state index is 12.3. The Morgan fingerprint density at radius 3 is 2.70 bits per heavy atom. The summed E-state index contributed by atoms with van der Waals surface area (Å²) in [6.45, 7) is 2.90. The molecule has 1 N–H and O–H groups in total. The second kappa shape index (κ2) is 7.68. The Kier molecular flexibility index (Phi) is 5.11. The van der Waals surface area contributed by atoms with Crippen molar-refractivity contribution >= 4 is 11.7 Å². The summed E-state index contributed by atoms with van der Waals surface area (Å²) in [4.78, 5) is 21.0. The van der Waals surface area contributed by atoms with Gasteiger partial charge in [-0.05, 0) is 25.0 Å². The number of amides is 1. The van der Waals surface area contributed by atoms with Gasteiger partial charge in [-0.1, -0.05) is 6.07 Å². The Balaban J connectivity index is 1.32. The van der Waals surface area contributed by atoms with Gasteiger partial charge in [-0.2, -0.15) is 5.10 Å². The van der Waals surface area contributed by atoms with E-state index in [1.165, 1.54) is 0 Å². The molecule has 2 atom stereocenters. The van der Waals surface area contributed by atoms with Crippen LogP contribution >= 0.6 is 0 Å². The van der Waals surface area contributed by atoms with Gasteiger partial charge in [0.05, 0.1) is 12.2 Å². The summed E-state index contributed by atoms with van der Waals surface area (Å²) in [5, 5.41) is 8.02. The molecule has 0 bridgehead atoms. The largest absolute Gasteiger partial charge is 0.357 e. The average Bonchev–Trinajstić information content (AvgIpc) is 3.24. The molecule has 2 aromatic heterocycles. The van der Waals surface area contributed by atoms with Crippen molar-refractivity contribution in [3.63, 3.8) is 0 Å². The second-order valence-electron chi connectivity index (χ2n) is 7.72. The summed E-state index contributed by atoms with van der Waals surface area (Å²) in [7, 11) is 3.83. The van der Waals surface area contributed by atoms with Gasteiger partial charge in [-0.3, -0.25) is 9.48 Å². The van der Waals surface area contributed by atoms with E-state index in [4.69, 9.17) is 0 Å². The monoisotopic (exact) mass is 368 g/mol. The van der Waals surface area contributed by atoms with Crippen molar-refractivity contribution in [1.82, 2.24) is 25.0 Å². The van der Waals surface area contributed by atoms with E-state index in [1.807, 2.05) is 54.4 Å². The van der Waals surface area contributed by atoms with E-state index in [1.54, 1.807) is 0 Å². The summed E-state index contributed by atoms with van der Waals surface area (Å²) >= 11 is 0. The zero-order chi connectivity index (χ0) is 18.8. The summed E-state index contributed by atoms with van der Waals surface area (Å²) in [6.07, 6.45) is 8.58. The van der Waals surface area contributed by atoms with Crippen LogP contribution in [-0.2, 0) is 11.8 Å². The number of carbonyl (C=O) groups excluding carboxylic acids is 1. The average molecular weight is 368 g/mol. The van der Waals surface area contributed by atoms with Crippen molar-refractivity contribution < 1.29 is 4.79 Å². The number of rotatable bonds is 5. The minimum atomic E-state index is 0.118. The van der Waals surface area contributed by atoms with Crippen LogP contribution in [0.2, 0.25) is 0 Å². The van der Waals surface area contributed by atoms with E-state index in [0.29, 0.717) is 18.4 Å². The van der Waals surface area contributed by atoms with Gasteiger partial charge in [0.2, 0.25) is 5.91 Å². The Labute approximate surface area is 160 Å². The summed E-state index contributed by atoms with van der Waals surface area (Å²) in [5.74, 6) is 1.58. The van der Waals surface area contributed by atoms with Crippen LogP contribution in [0.5, 0.6) is 0 Å². The fourth-order valence-electron chi connectivity index (χ4n) is 4.40. The first-order valence-corrected chi connectivity index (χ1v) is 9.75. The van der Waals surface area contributed by atoms with E-state index in [0.717, 1.165) is 43.9 Å². The minimum Gasteiger partial charge on any atom is -0.357 e. The lowest BCUT2D eigenvalue weighted by Gasteiger charge is -2.34. The number of anilines is 1. The van der Waals surface area contributed by atoms with Crippen LogP contribution in [0, 0.1) is 5.92 Å². The molecule has 0 unspecified atom stereocenters. The smallest absolute Gasteiger partial charge is 0.223 e. The SMILES string of the molecule is CN1C(=O)C[C@@H](CNC2CCN(c3ccccn3)CC2)[C@@H]1c1cnn(C)c1. The van der Waals surface area contributed by atoms with Gasteiger partial charge in [-0.25, -0.2) is 4.98 Å². The Morgan fingerprint density at radius 2 is 2.04 bits per heavy atom. The quantitative estimate of drug-likeness (QED) is 0.868. The number of pyridine rings is 1. The van der Waals surface area contributed by atoms with Gasteiger partial charge in [-0.15, -0.1) is 0 Å². The molecule has 4 heterocycles. The first kappa shape index (κ1) is 18.0. The van der Waals surface area contributed by atoms with Crippen molar-refractivity contribution in [3.05, 3.63) is 42.4 Å². The Morgan fingerprint density at radius 1 is 1.22 bits per heavy atom. The van der Waals surface area contributed by atoms with Crippen molar-refractivity contribution in [2.24, 2.45) is 13.0 Å². The van der Waals surface area contributed by atoms with Crippen LogP contribution in [0.1, 0.15) is 30.9 Å². The third-order valence-corrected chi connectivity index (χ3v) is 5.90. The van der Waals surface area contributed by atoms with Gasteiger partial charge in [0, 0.05) is 70.1 Å². The number of hydrogen-bond acceptors (Lipinski definition) is 5. The predicted octanol–water partition coefficient (Wildman–Crippen LogP) is 1.59. The molecule has 0 aromatic carbocycles. The molecule has 7 heteroatoms. The van der Waals surface area contributed by atoms with Crippen LogP contribution in [0.25, 0.3) is 0 Å².